The highest BCUT2D eigenvalue weighted by molar-refractivity contribution is 9.10. The molecule has 238 valence electrons. The van der Waals surface area contributed by atoms with Gasteiger partial charge in [0.25, 0.3) is 5.91 Å². The van der Waals surface area contributed by atoms with E-state index in [4.69, 9.17) is 11.5 Å². The zero-order valence-corrected chi connectivity index (χ0v) is 26.0. The minimum Gasteiger partial charge on any atom is -0.341 e. The third-order valence-electron chi connectivity index (χ3n) is 7.82. The van der Waals surface area contributed by atoms with Crippen LogP contribution in [0.1, 0.15) is 42.9 Å². The highest BCUT2D eigenvalue weighted by Gasteiger charge is 2.53. The van der Waals surface area contributed by atoms with Gasteiger partial charge in [-0.05, 0) is 53.5 Å². The summed E-state index contributed by atoms with van der Waals surface area (Å²) in [5.41, 5.74) is 16.3. The van der Waals surface area contributed by atoms with Gasteiger partial charge in [0.1, 0.15) is 6.54 Å². The largest absolute Gasteiger partial charge is 0.405 e. The number of nitrogens with two attached hydrogens (primary N) is 2. The van der Waals surface area contributed by atoms with Crippen molar-refractivity contribution in [3.8, 4) is 0 Å². The van der Waals surface area contributed by atoms with Gasteiger partial charge in [0.2, 0.25) is 5.78 Å². The number of nitrogens with one attached hydrogen (secondary N) is 1. The van der Waals surface area contributed by atoms with E-state index in [1.54, 1.807) is 0 Å². The molecule has 3 aromatic rings. The number of hydrogen-bond acceptors (Lipinski definition) is 4. The average Bonchev–Trinajstić information content (AvgIpc) is 2.98. The van der Waals surface area contributed by atoms with Gasteiger partial charge in [-0.3, -0.25) is 9.59 Å². The lowest BCUT2D eigenvalue weighted by Crippen LogP contribution is -2.57. The monoisotopic (exact) mass is 681 g/mol. The van der Waals surface area contributed by atoms with Gasteiger partial charge < -0.3 is 16.8 Å². The van der Waals surface area contributed by atoms with Crippen LogP contribution in [0, 0.1) is 17.8 Å². The summed E-state index contributed by atoms with van der Waals surface area (Å²) in [7, 11) is 0. The number of alkyl halides is 5. The van der Waals surface area contributed by atoms with Crippen molar-refractivity contribution in [2.45, 2.75) is 56.8 Å². The third kappa shape index (κ3) is 9.42. The summed E-state index contributed by atoms with van der Waals surface area (Å²) in [6.07, 6.45) is -4.34. The van der Waals surface area contributed by atoms with Gasteiger partial charge in [0.05, 0.1) is 0 Å². The van der Waals surface area contributed by atoms with E-state index in [-0.39, 0.29) is 12.3 Å². The van der Waals surface area contributed by atoms with Crippen LogP contribution in [0.5, 0.6) is 0 Å². The van der Waals surface area contributed by atoms with Crippen LogP contribution < -0.4 is 16.8 Å². The van der Waals surface area contributed by atoms with Crippen molar-refractivity contribution in [1.82, 2.24) is 5.32 Å². The molecule has 0 aliphatic carbocycles. The van der Waals surface area contributed by atoms with Crippen LogP contribution in [0.3, 0.4) is 0 Å². The van der Waals surface area contributed by atoms with Crippen LogP contribution in [-0.4, -0.2) is 42.4 Å². The number of amides is 1. The molecule has 3 aromatic carbocycles. The molecular formula is C33H37BrF5N3O2. The summed E-state index contributed by atoms with van der Waals surface area (Å²) in [6.45, 7) is 1.02. The maximum atomic E-state index is 15.1. The Bertz CT molecular complexity index is 1360. The molecule has 0 fully saturated rings. The Morgan fingerprint density at radius 3 is 1.86 bits per heavy atom. The Kier molecular flexibility index (Phi) is 12.2. The van der Waals surface area contributed by atoms with E-state index in [2.05, 4.69) is 15.9 Å². The SMILES string of the molecule is CC(C)[C@H](C(=O)C(F)(F)C(=O)NCC(F)(F)F)C(N)[C@@H](Cc1ccccc1)C(N)CC(c1ccccc1)c1ccc(Br)cc1. The first kappa shape index (κ1) is 35.3. The molecule has 11 heteroatoms. The average molecular weight is 683 g/mol. The summed E-state index contributed by atoms with van der Waals surface area (Å²) < 4.78 is 68.9. The molecule has 0 bridgehead atoms. The summed E-state index contributed by atoms with van der Waals surface area (Å²) in [4.78, 5) is 25.4. The maximum absolute atomic E-state index is 15.1. The van der Waals surface area contributed by atoms with Crippen LogP contribution in [-0.2, 0) is 16.0 Å². The van der Waals surface area contributed by atoms with Crippen molar-refractivity contribution in [2.24, 2.45) is 29.2 Å². The Morgan fingerprint density at radius 2 is 1.34 bits per heavy atom. The number of rotatable bonds is 14. The quantitative estimate of drug-likeness (QED) is 0.131. The van der Waals surface area contributed by atoms with Crippen LogP contribution in [0.2, 0.25) is 0 Å². The number of hydrogen-bond donors (Lipinski definition) is 3. The van der Waals surface area contributed by atoms with E-state index in [9.17, 15) is 22.8 Å². The lowest BCUT2D eigenvalue weighted by molar-refractivity contribution is -0.167. The molecule has 0 spiro atoms. The standard InChI is InChI=1S/C33H37BrF5N3O2/c1-20(2)28(30(43)33(38,39)31(44)42-19-32(35,36)37)29(41)26(17-21-9-5-3-6-10-21)27(40)18-25(22-11-7-4-8-12-22)23-13-15-24(34)16-14-23/h3-16,20,25-29H,17-19,40-41H2,1-2H3,(H,42,44)/t25?,26-,27?,28-,29?/m0/s1. The Hall–Kier alpha value is -3.15. The summed E-state index contributed by atoms with van der Waals surface area (Å²) >= 11 is 3.45. The van der Waals surface area contributed by atoms with Crippen molar-refractivity contribution in [2.75, 3.05) is 6.54 Å². The van der Waals surface area contributed by atoms with Crippen molar-refractivity contribution in [1.29, 1.82) is 0 Å². The number of halogens is 6. The molecule has 0 aromatic heterocycles. The van der Waals surface area contributed by atoms with E-state index in [0.29, 0.717) is 6.42 Å². The molecule has 5 nitrogen and oxygen atoms in total. The molecule has 5 atom stereocenters. The molecule has 0 aliphatic rings. The van der Waals surface area contributed by atoms with Crippen LogP contribution >= 0.6 is 15.9 Å². The van der Waals surface area contributed by atoms with E-state index in [1.807, 2.05) is 84.9 Å². The number of ketones is 1. The molecule has 0 saturated heterocycles. The van der Waals surface area contributed by atoms with Crippen LogP contribution in [0.15, 0.2) is 89.4 Å². The second kappa shape index (κ2) is 15.2. The molecule has 5 N–H and O–H groups in total. The molecule has 0 radical (unpaired) electrons. The normalized spacial score (nSPS) is 15.7. The molecule has 0 saturated carbocycles. The van der Waals surface area contributed by atoms with Gasteiger partial charge in [0.15, 0.2) is 0 Å². The number of carbonyl (C=O) groups excluding carboxylic acids is 2. The van der Waals surface area contributed by atoms with Gasteiger partial charge >= 0.3 is 12.1 Å². The predicted molar refractivity (Wildman–Crippen MR) is 164 cm³/mol. The van der Waals surface area contributed by atoms with E-state index >= 15 is 8.78 Å². The third-order valence-corrected chi connectivity index (χ3v) is 8.35. The first-order valence-corrected chi connectivity index (χ1v) is 15.0. The molecular weight excluding hydrogens is 645 g/mol. The van der Waals surface area contributed by atoms with Crippen molar-refractivity contribution < 1.29 is 31.5 Å². The van der Waals surface area contributed by atoms with Crippen molar-refractivity contribution in [3.63, 3.8) is 0 Å². The van der Waals surface area contributed by atoms with Crippen molar-refractivity contribution in [3.05, 3.63) is 106 Å². The van der Waals surface area contributed by atoms with Gasteiger partial charge in [-0.15, -0.1) is 0 Å². The lowest BCUT2D eigenvalue weighted by Gasteiger charge is -2.38. The number of benzene rings is 3. The smallest absolute Gasteiger partial charge is 0.341 e. The van der Waals surface area contributed by atoms with Gasteiger partial charge in [-0.25, -0.2) is 0 Å². The fraction of sp³-hybridized carbons (Fsp3) is 0.394. The second-order valence-corrected chi connectivity index (χ2v) is 12.3. The van der Waals surface area contributed by atoms with Crippen LogP contribution in [0.25, 0.3) is 0 Å². The fourth-order valence-corrected chi connectivity index (χ4v) is 5.82. The number of carbonyl (C=O) groups is 2. The lowest BCUT2D eigenvalue weighted by atomic mass is 9.71. The first-order chi connectivity index (χ1) is 20.6. The highest BCUT2D eigenvalue weighted by Crippen LogP contribution is 2.36. The molecule has 0 heterocycles. The zero-order chi connectivity index (χ0) is 32.7. The predicted octanol–water partition coefficient (Wildman–Crippen LogP) is 6.64. The Labute approximate surface area is 262 Å². The van der Waals surface area contributed by atoms with E-state index in [1.165, 1.54) is 13.8 Å². The summed E-state index contributed by atoms with van der Waals surface area (Å²) in [5.74, 6) is -12.2. The van der Waals surface area contributed by atoms with Gasteiger partial charge in [0, 0.05) is 28.4 Å². The molecule has 3 unspecified atom stereocenters. The van der Waals surface area contributed by atoms with Crippen molar-refractivity contribution >= 4 is 27.6 Å². The first-order valence-electron chi connectivity index (χ1n) is 14.2. The Balaban J connectivity index is 1.99. The van der Waals surface area contributed by atoms with E-state index in [0.717, 1.165) is 26.5 Å². The maximum Gasteiger partial charge on any atom is 0.405 e. The molecule has 0 aliphatic heterocycles. The minimum absolute atomic E-state index is 0.201. The van der Waals surface area contributed by atoms with Gasteiger partial charge in [-0.1, -0.05) is 103 Å². The molecule has 1 amide bonds. The molecule has 44 heavy (non-hydrogen) atoms. The highest BCUT2D eigenvalue weighted by atomic mass is 79.9. The van der Waals surface area contributed by atoms with Gasteiger partial charge in [-0.2, -0.15) is 22.0 Å². The topological polar surface area (TPSA) is 98.2 Å². The number of Topliss-reactive ketones (excluding diaryl/α,β-unsaturated/α-hetero) is 1. The second-order valence-electron chi connectivity index (χ2n) is 11.4. The fourth-order valence-electron chi connectivity index (χ4n) is 5.55. The zero-order valence-electron chi connectivity index (χ0n) is 24.4. The minimum atomic E-state index is -4.93. The molecule has 3 rings (SSSR count). The summed E-state index contributed by atoms with van der Waals surface area (Å²) in [6, 6.07) is 24.5. The van der Waals surface area contributed by atoms with Crippen LogP contribution in [0.4, 0.5) is 22.0 Å². The van der Waals surface area contributed by atoms with E-state index < -0.39 is 60.2 Å². The Morgan fingerprint density at radius 1 is 0.818 bits per heavy atom. The summed E-state index contributed by atoms with van der Waals surface area (Å²) in [5, 5.41) is 1.13.